The second-order valence-corrected chi connectivity index (χ2v) is 15.3. The molecule has 0 aromatic heterocycles. The number of fused-ring (bicyclic) bond motifs is 2. The first-order valence-electron chi connectivity index (χ1n) is 15.9. The third-order valence-corrected chi connectivity index (χ3v) is 10.6. The number of methoxy groups -OCH3 is 1. The Bertz CT molecular complexity index is 1590. The lowest BCUT2D eigenvalue weighted by atomic mass is 9.74. The Labute approximate surface area is 281 Å². The number of sulfone groups is 1. The Hall–Kier alpha value is -3.85. The molecule has 2 aliphatic heterocycles. The first-order valence-corrected chi connectivity index (χ1v) is 17.6. The van der Waals surface area contributed by atoms with Gasteiger partial charge in [-0.1, -0.05) is 55.5 Å². The van der Waals surface area contributed by atoms with Crippen LogP contribution in [0.4, 0.5) is 5.69 Å². The number of rotatable bonds is 12. The lowest BCUT2D eigenvalue weighted by Crippen LogP contribution is -2.61. The SMILES string of the molecule is COC(=O)CS(=O)(=O)C1N(C(=O)[C@@H](COCc2ccccc2)NC(=O)C(C)C(N)C(=O)OC(C)(C)C)c2ccccc2C12CCNCC2. The smallest absolute Gasteiger partial charge is 0.324 e. The van der Waals surface area contributed by atoms with Gasteiger partial charge in [0.25, 0.3) is 5.91 Å². The number of hydrogen-bond donors (Lipinski definition) is 3. The number of carbonyl (C=O) groups is 4. The molecule has 0 aliphatic carbocycles. The maximum absolute atomic E-state index is 14.8. The predicted octanol–water partition coefficient (Wildman–Crippen LogP) is 1.58. The average molecular weight is 687 g/mol. The van der Waals surface area contributed by atoms with Crippen molar-refractivity contribution in [3.05, 3.63) is 65.7 Å². The van der Waals surface area contributed by atoms with E-state index in [-0.39, 0.29) is 13.2 Å². The Kier molecular flexibility index (Phi) is 11.7. The Morgan fingerprint density at radius 1 is 1.04 bits per heavy atom. The van der Waals surface area contributed by atoms with Crippen molar-refractivity contribution in [3.63, 3.8) is 0 Å². The molecule has 2 aromatic carbocycles. The maximum atomic E-state index is 14.8. The molecule has 0 radical (unpaired) electrons. The van der Waals surface area contributed by atoms with E-state index in [4.69, 9.17) is 19.9 Å². The summed E-state index contributed by atoms with van der Waals surface area (Å²) in [5, 5.41) is 4.47. The summed E-state index contributed by atoms with van der Waals surface area (Å²) in [5.41, 5.74) is 6.09. The number of nitrogens with two attached hydrogens (primary N) is 1. The van der Waals surface area contributed by atoms with Gasteiger partial charge in [-0.05, 0) is 63.9 Å². The lowest BCUT2D eigenvalue weighted by Gasteiger charge is -2.41. The van der Waals surface area contributed by atoms with Crippen molar-refractivity contribution < 1.29 is 41.8 Å². The molecule has 0 bridgehead atoms. The summed E-state index contributed by atoms with van der Waals surface area (Å²) in [4.78, 5) is 54.6. The van der Waals surface area contributed by atoms with Crippen LogP contribution in [0, 0.1) is 5.92 Å². The fourth-order valence-corrected chi connectivity index (χ4v) is 8.49. The van der Waals surface area contributed by atoms with Gasteiger partial charge >= 0.3 is 11.9 Å². The zero-order chi connectivity index (χ0) is 35.3. The van der Waals surface area contributed by atoms with Gasteiger partial charge in [0.2, 0.25) is 5.91 Å². The third-order valence-electron chi connectivity index (χ3n) is 8.67. The van der Waals surface area contributed by atoms with Crippen molar-refractivity contribution in [2.24, 2.45) is 11.7 Å². The number of hydrogen-bond acceptors (Lipinski definition) is 11. The lowest BCUT2D eigenvalue weighted by molar-refractivity contribution is -0.159. The van der Waals surface area contributed by atoms with Crippen LogP contribution in [-0.4, -0.2) is 87.8 Å². The molecule has 2 aromatic rings. The summed E-state index contributed by atoms with van der Waals surface area (Å²) >= 11 is 0. The number of carbonyl (C=O) groups excluding carboxylic acids is 4. The molecule has 1 fully saturated rings. The number of anilines is 1. The first-order chi connectivity index (χ1) is 22.6. The molecular weight excluding hydrogens is 640 g/mol. The molecule has 3 unspecified atom stereocenters. The summed E-state index contributed by atoms with van der Waals surface area (Å²) in [5.74, 6) is -5.29. The van der Waals surface area contributed by atoms with Crippen LogP contribution in [0.15, 0.2) is 54.6 Å². The van der Waals surface area contributed by atoms with E-state index in [0.717, 1.165) is 12.7 Å². The van der Waals surface area contributed by atoms with Crippen LogP contribution in [0.2, 0.25) is 0 Å². The van der Waals surface area contributed by atoms with E-state index in [9.17, 15) is 27.6 Å². The second-order valence-electron chi connectivity index (χ2n) is 13.3. The highest BCUT2D eigenvalue weighted by Crippen LogP contribution is 2.52. The van der Waals surface area contributed by atoms with Gasteiger partial charge in [-0.3, -0.25) is 24.1 Å². The number of esters is 2. The Morgan fingerprint density at radius 3 is 2.29 bits per heavy atom. The molecule has 4 atom stereocenters. The largest absolute Gasteiger partial charge is 0.468 e. The molecule has 13 nitrogen and oxygen atoms in total. The van der Waals surface area contributed by atoms with Crippen molar-refractivity contribution in [1.29, 1.82) is 0 Å². The molecule has 1 saturated heterocycles. The van der Waals surface area contributed by atoms with E-state index >= 15 is 0 Å². The predicted molar refractivity (Wildman–Crippen MR) is 178 cm³/mol. The third kappa shape index (κ3) is 8.23. The van der Waals surface area contributed by atoms with Gasteiger partial charge in [-0.2, -0.15) is 0 Å². The monoisotopic (exact) mass is 686 g/mol. The van der Waals surface area contributed by atoms with Crippen LogP contribution >= 0.6 is 0 Å². The van der Waals surface area contributed by atoms with Gasteiger partial charge in [-0.15, -0.1) is 0 Å². The van der Waals surface area contributed by atoms with Crippen molar-refractivity contribution >= 4 is 39.3 Å². The zero-order valence-corrected chi connectivity index (χ0v) is 28.9. The summed E-state index contributed by atoms with van der Waals surface area (Å²) in [6, 6.07) is 13.4. The van der Waals surface area contributed by atoms with Gasteiger partial charge in [0.15, 0.2) is 9.84 Å². The molecule has 262 valence electrons. The normalized spacial score (nSPS) is 19.1. The quantitative estimate of drug-likeness (QED) is 0.276. The molecule has 0 saturated carbocycles. The van der Waals surface area contributed by atoms with Crippen LogP contribution in [-0.2, 0) is 55.2 Å². The van der Waals surface area contributed by atoms with E-state index in [2.05, 4.69) is 10.6 Å². The van der Waals surface area contributed by atoms with Crippen LogP contribution in [0.3, 0.4) is 0 Å². The zero-order valence-electron chi connectivity index (χ0n) is 28.1. The number of para-hydroxylation sites is 1. The van der Waals surface area contributed by atoms with Gasteiger partial charge in [-0.25, -0.2) is 8.42 Å². The van der Waals surface area contributed by atoms with Crippen molar-refractivity contribution in [2.45, 2.75) is 75.6 Å². The summed E-state index contributed by atoms with van der Waals surface area (Å²) in [6.45, 7) is 7.21. The van der Waals surface area contributed by atoms with Gasteiger partial charge in [0.1, 0.15) is 28.8 Å². The number of piperidine rings is 1. The number of benzene rings is 2. The summed E-state index contributed by atoms with van der Waals surface area (Å²) in [7, 11) is -3.26. The number of ether oxygens (including phenoxy) is 3. The fourth-order valence-electron chi connectivity index (χ4n) is 6.29. The maximum Gasteiger partial charge on any atom is 0.324 e. The van der Waals surface area contributed by atoms with E-state index < -0.39 is 73.7 Å². The number of nitrogens with zero attached hydrogens (tertiary/aromatic N) is 1. The molecule has 4 rings (SSSR count). The molecule has 2 heterocycles. The van der Waals surface area contributed by atoms with Crippen LogP contribution < -0.4 is 21.3 Å². The molecule has 2 amide bonds. The molecular formula is C34H46N4O9S. The highest BCUT2D eigenvalue weighted by Gasteiger charge is 2.59. The average Bonchev–Trinajstić information content (AvgIpc) is 3.33. The van der Waals surface area contributed by atoms with Crippen molar-refractivity contribution in [2.75, 3.05) is 37.5 Å². The van der Waals surface area contributed by atoms with E-state index in [1.54, 1.807) is 45.0 Å². The molecule has 1 spiro atoms. The fraction of sp³-hybridized carbons (Fsp3) is 0.529. The van der Waals surface area contributed by atoms with E-state index in [0.29, 0.717) is 37.2 Å². The molecule has 14 heteroatoms. The minimum absolute atomic E-state index is 0.101. The van der Waals surface area contributed by atoms with Crippen LogP contribution in [0.25, 0.3) is 0 Å². The highest BCUT2D eigenvalue weighted by atomic mass is 32.2. The van der Waals surface area contributed by atoms with Gasteiger partial charge in [0, 0.05) is 11.1 Å². The minimum Gasteiger partial charge on any atom is -0.468 e. The number of amides is 2. The van der Waals surface area contributed by atoms with Gasteiger partial charge < -0.3 is 30.6 Å². The molecule has 48 heavy (non-hydrogen) atoms. The summed E-state index contributed by atoms with van der Waals surface area (Å²) in [6.07, 6.45) is 0.754. The highest BCUT2D eigenvalue weighted by molar-refractivity contribution is 7.92. The topological polar surface area (TPSA) is 183 Å². The number of nitrogens with one attached hydrogen (secondary N) is 2. The minimum atomic E-state index is -4.36. The molecule has 2 aliphatic rings. The van der Waals surface area contributed by atoms with Crippen molar-refractivity contribution in [1.82, 2.24) is 10.6 Å². The van der Waals surface area contributed by atoms with E-state index in [1.165, 1.54) is 11.8 Å². The van der Waals surface area contributed by atoms with Crippen LogP contribution in [0.5, 0.6) is 0 Å². The summed E-state index contributed by atoms with van der Waals surface area (Å²) < 4.78 is 44.4. The second kappa shape index (κ2) is 15.1. The van der Waals surface area contributed by atoms with Crippen molar-refractivity contribution in [3.8, 4) is 0 Å². The standard InChI is InChI=1S/C34H46N4O9S/c1-22(28(35)31(42)47-33(2,3)4)29(40)37-25(20-46-19-23-11-7-6-8-12-23)30(41)38-26-14-10-9-13-24(26)34(15-17-36-18-16-34)32(38)48(43,44)21-27(39)45-5/h6-14,22,25,28,32,36H,15-21,35H2,1-5H3,(H,37,40)/t22?,25-,28?,32?/m1/s1. The van der Waals surface area contributed by atoms with Crippen LogP contribution in [0.1, 0.15) is 51.7 Å². The van der Waals surface area contributed by atoms with Gasteiger partial charge in [0.05, 0.1) is 26.2 Å². The van der Waals surface area contributed by atoms with E-state index in [1.807, 2.05) is 30.3 Å². The first kappa shape index (κ1) is 37.0. The Morgan fingerprint density at radius 2 is 1.67 bits per heavy atom. The Balaban J connectivity index is 1.73. The molecule has 4 N–H and O–H groups in total.